The number of carbonyl (C=O) groups excluding carboxylic acids is 1. The summed E-state index contributed by atoms with van der Waals surface area (Å²) in [6, 6.07) is 0. The van der Waals surface area contributed by atoms with Gasteiger partial charge in [0.25, 0.3) is 0 Å². The van der Waals surface area contributed by atoms with Crippen molar-refractivity contribution in [1.82, 2.24) is 0 Å². The molecule has 0 amide bonds. The van der Waals surface area contributed by atoms with Crippen molar-refractivity contribution in [3.8, 4) is 0 Å². The molecule has 0 radical (unpaired) electrons. The van der Waals surface area contributed by atoms with Crippen molar-refractivity contribution in [3.63, 3.8) is 0 Å². The third kappa shape index (κ3) is 2.86. The topological polar surface area (TPSA) is 44.8 Å². The summed E-state index contributed by atoms with van der Waals surface area (Å²) < 4.78 is 17.8. The lowest BCUT2D eigenvalue weighted by Gasteiger charge is -2.48. The maximum atomic E-state index is 12.0. The van der Waals surface area contributed by atoms with Crippen LogP contribution < -0.4 is 0 Å². The summed E-state index contributed by atoms with van der Waals surface area (Å²) in [4.78, 5) is 12.0. The Hall–Kier alpha value is -0.870. The zero-order valence-corrected chi connectivity index (χ0v) is 15.6. The Labute approximate surface area is 151 Å². The highest BCUT2D eigenvalue weighted by Crippen LogP contribution is 2.72. The van der Waals surface area contributed by atoms with Crippen molar-refractivity contribution in [1.29, 1.82) is 0 Å². The van der Waals surface area contributed by atoms with Gasteiger partial charge in [-0.3, -0.25) is 0 Å². The minimum absolute atomic E-state index is 0.0291. The normalized spacial score (nSPS) is 42.4. The van der Waals surface area contributed by atoms with Gasteiger partial charge in [0.15, 0.2) is 6.29 Å². The second-order valence-electron chi connectivity index (χ2n) is 8.90. The molecule has 25 heavy (non-hydrogen) atoms. The van der Waals surface area contributed by atoms with Crippen molar-refractivity contribution in [2.24, 2.45) is 22.7 Å². The summed E-state index contributed by atoms with van der Waals surface area (Å²) in [6.45, 7) is 7.60. The highest BCUT2D eigenvalue weighted by atomic mass is 16.7. The molecule has 5 atom stereocenters. The van der Waals surface area contributed by atoms with Crippen molar-refractivity contribution in [2.45, 2.75) is 71.0 Å². The van der Waals surface area contributed by atoms with E-state index in [2.05, 4.69) is 6.58 Å². The smallest absolute Gasteiger partial charge is 0.333 e. The van der Waals surface area contributed by atoms with Crippen LogP contribution in [0.15, 0.2) is 12.2 Å². The molecular weight excluding hydrogens is 316 g/mol. The van der Waals surface area contributed by atoms with Gasteiger partial charge < -0.3 is 14.2 Å². The average molecular weight is 348 g/mol. The van der Waals surface area contributed by atoms with Crippen LogP contribution in [0, 0.1) is 22.7 Å². The number of fused-ring (bicyclic) bond motifs is 5. The molecule has 3 aliphatic carbocycles. The van der Waals surface area contributed by atoms with Crippen LogP contribution in [-0.2, 0) is 19.0 Å². The number of ether oxygens (including phenoxy) is 3. The highest BCUT2D eigenvalue weighted by molar-refractivity contribution is 5.86. The molecule has 3 saturated carbocycles. The van der Waals surface area contributed by atoms with E-state index < -0.39 is 0 Å². The van der Waals surface area contributed by atoms with Crippen LogP contribution in [-0.4, -0.2) is 32.1 Å². The van der Waals surface area contributed by atoms with E-state index in [4.69, 9.17) is 14.2 Å². The Morgan fingerprint density at radius 1 is 1.16 bits per heavy atom. The van der Waals surface area contributed by atoms with E-state index in [0.29, 0.717) is 12.2 Å². The Kier molecular flexibility index (Phi) is 4.70. The lowest BCUT2D eigenvalue weighted by Crippen LogP contribution is -2.48. The van der Waals surface area contributed by atoms with Gasteiger partial charge in [-0.2, -0.15) is 0 Å². The van der Waals surface area contributed by atoms with Crippen molar-refractivity contribution < 1.29 is 19.0 Å². The molecule has 0 N–H and O–H groups in total. The number of rotatable bonds is 6. The molecule has 4 nitrogen and oxygen atoms in total. The zero-order valence-electron chi connectivity index (χ0n) is 15.6. The summed E-state index contributed by atoms with van der Waals surface area (Å²) in [5.41, 5.74) is 0.790. The first kappa shape index (κ1) is 17.5. The molecule has 5 unspecified atom stereocenters. The molecule has 0 aromatic carbocycles. The van der Waals surface area contributed by atoms with Gasteiger partial charge in [0.1, 0.15) is 0 Å². The first-order valence-corrected chi connectivity index (χ1v) is 10.1. The lowest BCUT2D eigenvalue weighted by atomic mass is 9.60. The van der Waals surface area contributed by atoms with Gasteiger partial charge in [-0.05, 0) is 70.1 Å². The predicted octanol–water partition coefficient (Wildman–Crippen LogP) is 4.24. The summed E-state index contributed by atoms with van der Waals surface area (Å²) in [5.74, 6) is 1.29. The molecule has 0 aromatic rings. The zero-order chi connectivity index (χ0) is 17.5. The third-order valence-corrected chi connectivity index (χ3v) is 7.61. The van der Waals surface area contributed by atoms with Crippen LogP contribution in [0.4, 0.5) is 0 Å². The molecule has 4 heteroatoms. The van der Waals surface area contributed by atoms with Crippen LogP contribution in [0.5, 0.6) is 0 Å². The average Bonchev–Trinajstić information content (AvgIpc) is 3.29. The van der Waals surface area contributed by atoms with E-state index in [-0.39, 0.29) is 23.1 Å². The molecule has 4 rings (SSSR count). The fourth-order valence-corrected chi connectivity index (χ4v) is 6.43. The van der Waals surface area contributed by atoms with Crippen LogP contribution in [0.1, 0.15) is 64.7 Å². The van der Waals surface area contributed by atoms with Crippen molar-refractivity contribution in [3.05, 3.63) is 12.2 Å². The van der Waals surface area contributed by atoms with E-state index in [1.54, 1.807) is 6.92 Å². The van der Waals surface area contributed by atoms with Gasteiger partial charge in [0.2, 0.25) is 0 Å². The van der Waals surface area contributed by atoms with E-state index in [0.717, 1.165) is 37.9 Å². The van der Waals surface area contributed by atoms with Gasteiger partial charge in [-0.25, -0.2) is 4.79 Å². The summed E-state index contributed by atoms with van der Waals surface area (Å²) in [7, 11) is 0. The highest BCUT2D eigenvalue weighted by Gasteiger charge is 2.68. The molecule has 1 aliphatic heterocycles. The first-order valence-electron chi connectivity index (χ1n) is 10.1. The largest absolute Gasteiger partial charge is 0.462 e. The second-order valence-corrected chi connectivity index (χ2v) is 8.90. The van der Waals surface area contributed by atoms with Gasteiger partial charge in [0.05, 0.1) is 13.2 Å². The Bertz CT molecular complexity index is 538. The number of esters is 1. The molecule has 4 aliphatic rings. The lowest BCUT2D eigenvalue weighted by molar-refractivity contribution is -0.201. The van der Waals surface area contributed by atoms with Gasteiger partial charge in [0, 0.05) is 23.0 Å². The van der Waals surface area contributed by atoms with Crippen molar-refractivity contribution >= 4 is 5.97 Å². The Morgan fingerprint density at radius 2 is 2.04 bits per heavy atom. The molecule has 4 fully saturated rings. The summed E-state index contributed by atoms with van der Waals surface area (Å²) in [6.07, 6.45) is 10.8. The fourth-order valence-electron chi connectivity index (χ4n) is 6.43. The molecule has 1 saturated heterocycles. The van der Waals surface area contributed by atoms with Crippen LogP contribution in [0.2, 0.25) is 0 Å². The van der Waals surface area contributed by atoms with Crippen LogP contribution in [0.3, 0.4) is 0 Å². The maximum Gasteiger partial charge on any atom is 0.333 e. The molecule has 140 valence electrons. The van der Waals surface area contributed by atoms with Gasteiger partial charge in [-0.1, -0.05) is 13.0 Å². The molecule has 0 spiro atoms. The van der Waals surface area contributed by atoms with E-state index >= 15 is 0 Å². The molecule has 2 bridgehead atoms. The Morgan fingerprint density at radius 3 is 2.80 bits per heavy atom. The minimum atomic E-state index is -0.244. The first-order chi connectivity index (χ1) is 12.1. The minimum Gasteiger partial charge on any atom is -0.462 e. The van der Waals surface area contributed by atoms with E-state index in [9.17, 15) is 4.79 Å². The quantitative estimate of drug-likeness (QED) is 0.532. The van der Waals surface area contributed by atoms with Crippen LogP contribution in [0.25, 0.3) is 0 Å². The third-order valence-electron chi connectivity index (χ3n) is 7.61. The SMILES string of the molecule is C=C(C)C(=O)OCC12CCC(C1)C1CCCC12COC1CCCCO1. The number of hydrogen-bond donors (Lipinski definition) is 0. The maximum absolute atomic E-state index is 12.0. The summed E-state index contributed by atoms with van der Waals surface area (Å²) in [5, 5.41) is 0. The number of carbonyl (C=O) groups is 1. The monoisotopic (exact) mass is 348 g/mol. The van der Waals surface area contributed by atoms with Gasteiger partial charge >= 0.3 is 5.97 Å². The molecule has 1 heterocycles. The van der Waals surface area contributed by atoms with Crippen molar-refractivity contribution in [2.75, 3.05) is 19.8 Å². The predicted molar refractivity (Wildman–Crippen MR) is 94.9 cm³/mol. The number of hydrogen-bond acceptors (Lipinski definition) is 4. The second kappa shape index (κ2) is 6.70. The van der Waals surface area contributed by atoms with E-state index in [1.807, 2.05) is 0 Å². The fraction of sp³-hybridized carbons (Fsp3) is 0.857. The standard InChI is InChI=1S/C21H32O4/c1-15(2)19(22)25-13-20-10-8-16(12-20)17-6-5-9-21(17,20)14-24-18-7-3-4-11-23-18/h16-18H,1,3-14H2,2H3. The summed E-state index contributed by atoms with van der Waals surface area (Å²) >= 11 is 0. The van der Waals surface area contributed by atoms with Crippen LogP contribution >= 0.6 is 0 Å². The molecule has 0 aromatic heterocycles. The van der Waals surface area contributed by atoms with Gasteiger partial charge in [-0.15, -0.1) is 0 Å². The van der Waals surface area contributed by atoms with E-state index in [1.165, 1.54) is 44.9 Å². The molecular formula is C21H32O4. The Balaban J connectivity index is 1.49.